The van der Waals surface area contributed by atoms with Gasteiger partial charge in [-0.15, -0.1) is 0 Å². The number of carbonyl (C=O) groups is 2. The van der Waals surface area contributed by atoms with Crippen LogP contribution in [0.5, 0.6) is 0 Å². The van der Waals surface area contributed by atoms with Gasteiger partial charge in [-0.3, -0.25) is 9.59 Å². The van der Waals surface area contributed by atoms with Crippen molar-refractivity contribution in [2.24, 2.45) is 5.92 Å². The Hall–Kier alpha value is -0.0600. The molecule has 0 N–H and O–H groups in total. The molecule has 0 saturated heterocycles. The summed E-state index contributed by atoms with van der Waals surface area (Å²) in [5.74, 6) is -0.936. The van der Waals surface area contributed by atoms with Gasteiger partial charge >= 0.3 is 41.5 Å². The standard InChI is InChI=1S/C14H26O4.Na.H/c1-4-7-8-9-10-12(14(16)18-6-3)11-13(15)17-5-2;;/h12H,4-11H2,1-3H3;;/q;+1;-1. The molecule has 0 aliphatic rings. The van der Waals surface area contributed by atoms with Gasteiger partial charge in [-0.1, -0.05) is 32.6 Å². The Bertz CT molecular complexity index is 249. The summed E-state index contributed by atoms with van der Waals surface area (Å²) in [4.78, 5) is 23.1. The SMILES string of the molecule is CCCCCCC(CC(=O)OCC)C(=O)OCC.[H-].[Na+]. The Kier molecular flexibility index (Phi) is 16.0. The first-order chi connectivity index (χ1) is 8.65. The van der Waals surface area contributed by atoms with Gasteiger partial charge < -0.3 is 10.9 Å². The van der Waals surface area contributed by atoms with Crippen molar-refractivity contribution in [3.8, 4) is 0 Å². The van der Waals surface area contributed by atoms with Crippen LogP contribution in [0.3, 0.4) is 0 Å². The Balaban J connectivity index is -0.00000144. The molecule has 0 saturated carbocycles. The predicted octanol–water partition coefficient (Wildman–Crippen LogP) is 0.206. The number of ether oxygens (including phenoxy) is 2. The Labute approximate surface area is 140 Å². The zero-order valence-electron chi connectivity index (χ0n) is 13.9. The van der Waals surface area contributed by atoms with Gasteiger partial charge in [-0.2, -0.15) is 0 Å². The zero-order chi connectivity index (χ0) is 13.8. The molecule has 0 amide bonds. The second kappa shape index (κ2) is 14.4. The summed E-state index contributed by atoms with van der Waals surface area (Å²) in [7, 11) is 0. The molecule has 0 fully saturated rings. The van der Waals surface area contributed by atoms with Crippen molar-refractivity contribution in [2.45, 2.75) is 59.3 Å². The molecule has 0 aromatic carbocycles. The van der Waals surface area contributed by atoms with E-state index in [1.54, 1.807) is 13.8 Å². The molecule has 1 unspecified atom stereocenters. The summed E-state index contributed by atoms with van der Waals surface area (Å²) in [5.41, 5.74) is 0. The Morgan fingerprint density at radius 3 is 2.16 bits per heavy atom. The summed E-state index contributed by atoms with van der Waals surface area (Å²) in [6.07, 6.45) is 5.21. The van der Waals surface area contributed by atoms with Gasteiger partial charge in [0.05, 0.1) is 25.6 Å². The van der Waals surface area contributed by atoms with Crippen LogP contribution in [0, 0.1) is 5.92 Å². The minimum Gasteiger partial charge on any atom is -1.00 e. The van der Waals surface area contributed by atoms with Crippen LogP contribution in [0.1, 0.15) is 60.7 Å². The van der Waals surface area contributed by atoms with Gasteiger partial charge in [0.1, 0.15) is 0 Å². The summed E-state index contributed by atoms with van der Waals surface area (Å²) >= 11 is 0. The number of esters is 2. The molecule has 0 rings (SSSR count). The first kappa shape index (κ1) is 21.2. The number of hydrogen-bond donors (Lipinski definition) is 0. The van der Waals surface area contributed by atoms with E-state index in [0.717, 1.165) is 25.7 Å². The van der Waals surface area contributed by atoms with Crippen LogP contribution in [-0.2, 0) is 19.1 Å². The van der Waals surface area contributed by atoms with Crippen molar-refractivity contribution in [3.63, 3.8) is 0 Å². The summed E-state index contributed by atoms with van der Waals surface area (Å²) in [6.45, 7) is 6.38. The van der Waals surface area contributed by atoms with Crippen LogP contribution in [0.4, 0.5) is 0 Å². The number of carbonyl (C=O) groups excluding carboxylic acids is 2. The number of rotatable bonds is 10. The van der Waals surface area contributed by atoms with Crippen LogP contribution in [0.15, 0.2) is 0 Å². The van der Waals surface area contributed by atoms with E-state index in [4.69, 9.17) is 9.47 Å². The molecule has 0 aliphatic carbocycles. The van der Waals surface area contributed by atoms with E-state index < -0.39 is 0 Å². The molecular formula is C14H27NaO4. The van der Waals surface area contributed by atoms with Crippen LogP contribution >= 0.6 is 0 Å². The minimum atomic E-state index is -0.346. The maximum atomic E-state index is 11.7. The second-order valence-electron chi connectivity index (χ2n) is 4.31. The van der Waals surface area contributed by atoms with Crippen LogP contribution < -0.4 is 29.6 Å². The summed E-state index contributed by atoms with van der Waals surface area (Å²) < 4.78 is 9.87. The zero-order valence-corrected chi connectivity index (χ0v) is 14.9. The molecule has 0 aromatic heterocycles. The largest absolute Gasteiger partial charge is 1.00 e. The molecule has 1 atom stereocenters. The molecular weight excluding hydrogens is 255 g/mol. The molecule has 5 heteroatoms. The van der Waals surface area contributed by atoms with Crippen molar-refractivity contribution in [1.82, 2.24) is 0 Å². The smallest absolute Gasteiger partial charge is 1.00 e. The number of unbranched alkanes of at least 4 members (excludes halogenated alkanes) is 3. The molecule has 0 aliphatic heterocycles. The third-order valence-corrected chi connectivity index (χ3v) is 2.74. The fourth-order valence-electron chi connectivity index (χ4n) is 1.80. The van der Waals surface area contributed by atoms with Crippen molar-refractivity contribution in [1.29, 1.82) is 0 Å². The quantitative estimate of drug-likeness (QED) is 0.326. The molecule has 0 aromatic rings. The van der Waals surface area contributed by atoms with Crippen LogP contribution in [0.2, 0.25) is 0 Å². The van der Waals surface area contributed by atoms with E-state index in [1.807, 2.05) is 0 Å². The first-order valence-electron chi connectivity index (χ1n) is 6.97. The van der Waals surface area contributed by atoms with Gasteiger partial charge in [-0.05, 0) is 20.3 Å². The molecule has 0 bridgehead atoms. The van der Waals surface area contributed by atoms with Gasteiger partial charge in [0.25, 0.3) is 0 Å². The van der Waals surface area contributed by atoms with Crippen molar-refractivity contribution < 1.29 is 50.0 Å². The third kappa shape index (κ3) is 11.5. The summed E-state index contributed by atoms with van der Waals surface area (Å²) in [5, 5.41) is 0. The maximum absolute atomic E-state index is 11.7. The average molecular weight is 282 g/mol. The number of hydrogen-bond acceptors (Lipinski definition) is 4. The topological polar surface area (TPSA) is 52.6 Å². The Morgan fingerprint density at radius 2 is 1.63 bits per heavy atom. The normalized spacial score (nSPS) is 11.3. The van der Waals surface area contributed by atoms with E-state index in [2.05, 4.69) is 6.92 Å². The predicted molar refractivity (Wildman–Crippen MR) is 71.2 cm³/mol. The van der Waals surface area contributed by atoms with Crippen molar-refractivity contribution >= 4 is 11.9 Å². The molecule has 0 spiro atoms. The molecule has 19 heavy (non-hydrogen) atoms. The van der Waals surface area contributed by atoms with Gasteiger partial charge in [0, 0.05) is 0 Å². The van der Waals surface area contributed by atoms with E-state index in [0.29, 0.717) is 19.6 Å². The maximum Gasteiger partial charge on any atom is 1.00 e. The fraction of sp³-hybridized carbons (Fsp3) is 0.857. The Morgan fingerprint density at radius 1 is 1.00 bits per heavy atom. The monoisotopic (exact) mass is 282 g/mol. The molecule has 4 nitrogen and oxygen atoms in total. The minimum absolute atomic E-state index is 0. The van der Waals surface area contributed by atoms with E-state index in [-0.39, 0.29) is 55.3 Å². The molecule has 108 valence electrons. The van der Waals surface area contributed by atoms with E-state index in [9.17, 15) is 9.59 Å². The third-order valence-electron chi connectivity index (χ3n) is 2.74. The van der Waals surface area contributed by atoms with Crippen molar-refractivity contribution in [3.05, 3.63) is 0 Å². The second-order valence-corrected chi connectivity index (χ2v) is 4.31. The van der Waals surface area contributed by atoms with Gasteiger partial charge in [0.2, 0.25) is 0 Å². The van der Waals surface area contributed by atoms with E-state index in [1.165, 1.54) is 0 Å². The van der Waals surface area contributed by atoms with Crippen molar-refractivity contribution in [2.75, 3.05) is 13.2 Å². The molecule has 0 heterocycles. The summed E-state index contributed by atoms with van der Waals surface area (Å²) in [6, 6.07) is 0. The first-order valence-corrected chi connectivity index (χ1v) is 6.97. The van der Waals surface area contributed by atoms with Crippen LogP contribution in [-0.4, -0.2) is 25.2 Å². The van der Waals surface area contributed by atoms with E-state index >= 15 is 0 Å². The molecule has 0 radical (unpaired) electrons. The van der Waals surface area contributed by atoms with Gasteiger partial charge in [0.15, 0.2) is 0 Å². The average Bonchev–Trinajstić information content (AvgIpc) is 2.33. The van der Waals surface area contributed by atoms with Gasteiger partial charge in [-0.25, -0.2) is 0 Å². The fourth-order valence-corrected chi connectivity index (χ4v) is 1.80. The van der Waals surface area contributed by atoms with Crippen LogP contribution in [0.25, 0.3) is 0 Å².